The van der Waals surface area contributed by atoms with Gasteiger partial charge in [0, 0.05) is 20.1 Å². The monoisotopic (exact) mass is 328 g/mol. The molecule has 0 unspecified atom stereocenters. The van der Waals surface area contributed by atoms with Crippen molar-refractivity contribution < 1.29 is 8.42 Å². The molecule has 2 aromatic rings. The molecule has 8 heteroatoms. The van der Waals surface area contributed by atoms with Gasteiger partial charge in [0.1, 0.15) is 12.1 Å². The van der Waals surface area contributed by atoms with Gasteiger partial charge in [0.15, 0.2) is 0 Å². The highest BCUT2D eigenvalue weighted by molar-refractivity contribution is 7.89. The first kappa shape index (κ1) is 16.1. The molecular weight excluding hydrogens is 308 g/mol. The summed E-state index contributed by atoms with van der Waals surface area (Å²) in [4.78, 5) is 8.53. The highest BCUT2D eigenvalue weighted by atomic mass is 32.2. The molecular formula is C13H20N4O2S2. The molecule has 0 aliphatic rings. The first-order chi connectivity index (χ1) is 9.95. The number of hydrogen-bond acceptors (Lipinski definition) is 6. The minimum atomic E-state index is -3.09. The lowest BCUT2D eigenvalue weighted by Gasteiger charge is -2.15. The van der Waals surface area contributed by atoms with Crippen LogP contribution in [0.5, 0.6) is 0 Å². The van der Waals surface area contributed by atoms with E-state index < -0.39 is 10.0 Å². The van der Waals surface area contributed by atoms with E-state index in [1.54, 1.807) is 31.6 Å². The smallest absolute Gasteiger partial charge is 0.213 e. The zero-order chi connectivity index (χ0) is 15.5. The fourth-order valence-corrected chi connectivity index (χ4v) is 3.78. The van der Waals surface area contributed by atoms with Crippen molar-refractivity contribution in [3.05, 3.63) is 17.3 Å². The van der Waals surface area contributed by atoms with Crippen molar-refractivity contribution in [1.82, 2.24) is 14.3 Å². The second-order valence-corrected chi connectivity index (χ2v) is 8.07. The number of thiophene rings is 1. The van der Waals surface area contributed by atoms with E-state index >= 15 is 0 Å². The Labute approximate surface area is 129 Å². The van der Waals surface area contributed by atoms with E-state index in [9.17, 15) is 8.42 Å². The number of aryl methyl sites for hydroxylation is 1. The van der Waals surface area contributed by atoms with Crippen LogP contribution in [0.25, 0.3) is 10.2 Å². The topological polar surface area (TPSA) is 75.2 Å². The number of sulfonamides is 1. The van der Waals surface area contributed by atoms with Gasteiger partial charge < -0.3 is 5.32 Å². The molecule has 21 heavy (non-hydrogen) atoms. The maximum absolute atomic E-state index is 11.6. The lowest BCUT2D eigenvalue weighted by molar-refractivity contribution is 0.466. The van der Waals surface area contributed by atoms with Gasteiger partial charge in [0.2, 0.25) is 10.0 Å². The van der Waals surface area contributed by atoms with Gasteiger partial charge in [-0.2, -0.15) is 0 Å². The van der Waals surface area contributed by atoms with Crippen molar-refractivity contribution in [3.8, 4) is 0 Å². The number of nitrogens with one attached hydrogen (secondary N) is 1. The normalized spacial score (nSPS) is 12.2. The Kier molecular flexibility index (Phi) is 5.13. The average Bonchev–Trinajstić information content (AvgIpc) is 2.85. The van der Waals surface area contributed by atoms with Crippen LogP contribution in [-0.2, 0) is 10.0 Å². The molecule has 2 heterocycles. The highest BCUT2D eigenvalue weighted by Crippen LogP contribution is 2.28. The molecule has 0 aromatic carbocycles. The summed E-state index contributed by atoms with van der Waals surface area (Å²) >= 11 is 1.62. The summed E-state index contributed by atoms with van der Waals surface area (Å²) in [6, 6.07) is 0. The van der Waals surface area contributed by atoms with Crippen molar-refractivity contribution in [3.63, 3.8) is 0 Å². The number of hydrogen-bond donors (Lipinski definition) is 1. The van der Waals surface area contributed by atoms with E-state index in [2.05, 4.69) is 20.7 Å². The van der Waals surface area contributed by atoms with E-state index in [4.69, 9.17) is 0 Å². The van der Waals surface area contributed by atoms with Gasteiger partial charge >= 0.3 is 0 Å². The van der Waals surface area contributed by atoms with Gasteiger partial charge in [-0.05, 0) is 31.2 Å². The Morgan fingerprint density at radius 2 is 2.14 bits per heavy atom. The molecule has 0 aliphatic carbocycles. The van der Waals surface area contributed by atoms with Crippen LogP contribution in [0.2, 0.25) is 0 Å². The average molecular weight is 328 g/mol. The van der Waals surface area contributed by atoms with Crippen molar-refractivity contribution in [1.29, 1.82) is 0 Å². The largest absolute Gasteiger partial charge is 0.369 e. The van der Waals surface area contributed by atoms with Crippen LogP contribution in [0.15, 0.2) is 11.7 Å². The zero-order valence-electron chi connectivity index (χ0n) is 12.5. The van der Waals surface area contributed by atoms with Gasteiger partial charge in [-0.25, -0.2) is 22.7 Å². The third-order valence-electron chi connectivity index (χ3n) is 3.31. The maximum Gasteiger partial charge on any atom is 0.213 e. The predicted molar refractivity (Wildman–Crippen MR) is 87.3 cm³/mol. The van der Waals surface area contributed by atoms with Crippen LogP contribution < -0.4 is 5.32 Å². The lowest BCUT2D eigenvalue weighted by Crippen LogP contribution is -2.30. The first-order valence-electron chi connectivity index (χ1n) is 6.82. The molecule has 0 bridgehead atoms. The van der Waals surface area contributed by atoms with Crippen LogP contribution in [0.1, 0.15) is 18.9 Å². The molecule has 2 rings (SSSR count). The number of anilines is 1. The summed E-state index contributed by atoms with van der Waals surface area (Å²) in [5.74, 6) is 0.955. The molecule has 0 aliphatic heterocycles. The fraction of sp³-hybridized carbons (Fsp3) is 0.538. The minimum absolute atomic E-state index is 0.137. The van der Waals surface area contributed by atoms with Gasteiger partial charge in [-0.1, -0.05) is 0 Å². The van der Waals surface area contributed by atoms with Gasteiger partial charge in [0.25, 0.3) is 0 Å². The Hall–Kier alpha value is -1.25. The Bertz CT molecular complexity index is 712. The fourth-order valence-electron chi connectivity index (χ4n) is 1.96. The first-order valence-corrected chi connectivity index (χ1v) is 9.31. The van der Waals surface area contributed by atoms with E-state index in [1.807, 2.05) is 6.92 Å². The number of rotatable bonds is 7. The van der Waals surface area contributed by atoms with Crippen molar-refractivity contribution in [2.75, 3.05) is 31.2 Å². The Morgan fingerprint density at radius 3 is 2.86 bits per heavy atom. The third-order valence-corrected chi connectivity index (χ3v) is 6.27. The molecule has 116 valence electrons. The summed E-state index contributed by atoms with van der Waals surface area (Å²) in [6.07, 6.45) is 2.28. The lowest BCUT2D eigenvalue weighted by atomic mass is 10.3. The molecule has 0 radical (unpaired) electrons. The van der Waals surface area contributed by atoms with E-state index in [-0.39, 0.29) is 5.75 Å². The SMILES string of the molecule is CCS(=O)(=O)N(C)CCCNc1ncnc2c(C)csc12. The number of fused-ring (bicyclic) bond motifs is 1. The molecule has 6 nitrogen and oxygen atoms in total. The van der Waals surface area contributed by atoms with Crippen LogP contribution >= 0.6 is 11.3 Å². The third kappa shape index (κ3) is 3.69. The van der Waals surface area contributed by atoms with Crippen LogP contribution in [0, 0.1) is 6.92 Å². The van der Waals surface area contributed by atoms with Gasteiger partial charge in [-0.3, -0.25) is 0 Å². The van der Waals surface area contributed by atoms with Gasteiger partial charge in [0.05, 0.1) is 16.0 Å². The second-order valence-electron chi connectivity index (χ2n) is 4.82. The molecule has 0 spiro atoms. The Balaban J connectivity index is 1.91. The van der Waals surface area contributed by atoms with E-state index in [0.29, 0.717) is 13.1 Å². The molecule has 0 amide bonds. The summed E-state index contributed by atoms with van der Waals surface area (Å²) in [7, 11) is -1.48. The van der Waals surface area contributed by atoms with E-state index in [1.165, 1.54) is 4.31 Å². The quantitative estimate of drug-likeness (QED) is 0.788. The molecule has 0 atom stereocenters. The van der Waals surface area contributed by atoms with Crippen molar-refractivity contribution in [2.45, 2.75) is 20.3 Å². The summed E-state index contributed by atoms with van der Waals surface area (Å²) in [6.45, 7) is 4.86. The summed E-state index contributed by atoms with van der Waals surface area (Å²) in [5, 5.41) is 5.33. The molecule has 0 saturated carbocycles. The summed E-state index contributed by atoms with van der Waals surface area (Å²) in [5.41, 5.74) is 2.12. The maximum atomic E-state index is 11.6. The van der Waals surface area contributed by atoms with Crippen molar-refractivity contribution in [2.24, 2.45) is 0 Å². The van der Waals surface area contributed by atoms with E-state index in [0.717, 1.165) is 28.0 Å². The standard InChI is InChI=1S/C13H20N4O2S2/c1-4-21(18,19)17(3)7-5-6-14-13-12-11(15-9-16-13)10(2)8-20-12/h8-9H,4-7H2,1-3H3,(H,14,15,16). The van der Waals surface area contributed by atoms with Crippen LogP contribution in [0.4, 0.5) is 5.82 Å². The minimum Gasteiger partial charge on any atom is -0.369 e. The molecule has 1 N–H and O–H groups in total. The molecule has 2 aromatic heterocycles. The van der Waals surface area contributed by atoms with Crippen molar-refractivity contribution >= 4 is 37.4 Å². The van der Waals surface area contributed by atoms with Gasteiger partial charge in [-0.15, -0.1) is 11.3 Å². The second kappa shape index (κ2) is 6.67. The Morgan fingerprint density at radius 1 is 1.38 bits per heavy atom. The number of nitrogens with zero attached hydrogens (tertiary/aromatic N) is 3. The number of aromatic nitrogens is 2. The summed E-state index contributed by atoms with van der Waals surface area (Å²) < 4.78 is 25.7. The molecule has 0 fully saturated rings. The van der Waals surface area contributed by atoms with Crippen LogP contribution in [0.3, 0.4) is 0 Å². The predicted octanol–water partition coefficient (Wildman–Crippen LogP) is 2.08. The van der Waals surface area contributed by atoms with Crippen LogP contribution in [-0.4, -0.2) is 48.6 Å². The highest BCUT2D eigenvalue weighted by Gasteiger charge is 2.14. The zero-order valence-corrected chi connectivity index (χ0v) is 14.1. The molecule has 0 saturated heterocycles.